The average molecular weight is 336 g/mol. The van der Waals surface area contributed by atoms with Crippen LogP contribution < -0.4 is 10.2 Å². The summed E-state index contributed by atoms with van der Waals surface area (Å²) in [7, 11) is 0. The molecule has 1 aliphatic rings. The lowest BCUT2D eigenvalue weighted by molar-refractivity contribution is 0.0940. The van der Waals surface area contributed by atoms with E-state index in [1.54, 1.807) is 0 Å². The summed E-state index contributed by atoms with van der Waals surface area (Å²) in [5.74, 6) is -0.0160. The standard InChI is InChI=1S/C22H28N2O/c1-16-7-12-21(17(2)15-16)18(3)23-22(25)19-8-10-20(11-9-19)24-13-5-4-6-14-24/h7-12,15,18H,4-6,13-14H2,1-3H3,(H,23,25). The second kappa shape index (κ2) is 7.73. The van der Waals surface area contributed by atoms with E-state index in [9.17, 15) is 4.79 Å². The first-order chi connectivity index (χ1) is 12.0. The second-order valence-corrected chi connectivity index (χ2v) is 7.15. The molecule has 3 heteroatoms. The largest absolute Gasteiger partial charge is 0.372 e. The molecule has 0 saturated carbocycles. The van der Waals surface area contributed by atoms with Crippen LogP contribution in [-0.2, 0) is 0 Å². The molecule has 1 unspecified atom stereocenters. The van der Waals surface area contributed by atoms with Crippen LogP contribution in [-0.4, -0.2) is 19.0 Å². The van der Waals surface area contributed by atoms with Gasteiger partial charge >= 0.3 is 0 Å². The summed E-state index contributed by atoms with van der Waals surface area (Å²) in [6.07, 6.45) is 3.85. The minimum absolute atomic E-state index is 0.00475. The van der Waals surface area contributed by atoms with Crippen LogP contribution in [0.2, 0.25) is 0 Å². The maximum atomic E-state index is 12.6. The number of nitrogens with one attached hydrogen (secondary N) is 1. The van der Waals surface area contributed by atoms with E-state index in [4.69, 9.17) is 0 Å². The number of amides is 1. The van der Waals surface area contributed by atoms with E-state index in [1.807, 2.05) is 19.1 Å². The Balaban J connectivity index is 1.66. The zero-order valence-electron chi connectivity index (χ0n) is 15.5. The highest BCUT2D eigenvalue weighted by Crippen LogP contribution is 2.22. The first-order valence-electron chi connectivity index (χ1n) is 9.27. The number of benzene rings is 2. The molecule has 3 nitrogen and oxygen atoms in total. The molecule has 0 aliphatic carbocycles. The molecule has 0 aromatic heterocycles. The number of carbonyl (C=O) groups excluding carboxylic acids is 1. The van der Waals surface area contributed by atoms with Gasteiger partial charge in [0.15, 0.2) is 0 Å². The lowest BCUT2D eigenvalue weighted by Crippen LogP contribution is -2.29. The Morgan fingerprint density at radius 1 is 1.00 bits per heavy atom. The summed E-state index contributed by atoms with van der Waals surface area (Å²) in [5, 5.41) is 3.12. The van der Waals surface area contributed by atoms with Gasteiger partial charge in [-0.15, -0.1) is 0 Å². The van der Waals surface area contributed by atoms with Crippen molar-refractivity contribution in [2.45, 2.75) is 46.1 Å². The molecular weight excluding hydrogens is 308 g/mol. The smallest absolute Gasteiger partial charge is 0.251 e. The Bertz CT molecular complexity index is 730. The zero-order chi connectivity index (χ0) is 17.8. The highest BCUT2D eigenvalue weighted by Gasteiger charge is 2.15. The fourth-order valence-electron chi connectivity index (χ4n) is 3.64. The molecule has 0 bridgehead atoms. The van der Waals surface area contributed by atoms with E-state index in [0.717, 1.165) is 18.7 Å². The van der Waals surface area contributed by atoms with Gasteiger partial charge in [-0.3, -0.25) is 4.79 Å². The van der Waals surface area contributed by atoms with Crippen LogP contribution in [0.4, 0.5) is 5.69 Å². The van der Waals surface area contributed by atoms with Crippen LogP contribution >= 0.6 is 0 Å². The summed E-state index contributed by atoms with van der Waals surface area (Å²) in [6.45, 7) is 8.46. The molecule has 1 saturated heterocycles. The number of hydrogen-bond donors (Lipinski definition) is 1. The minimum Gasteiger partial charge on any atom is -0.372 e. The van der Waals surface area contributed by atoms with Crippen LogP contribution in [0.1, 0.15) is 59.3 Å². The third-order valence-corrected chi connectivity index (χ3v) is 5.09. The van der Waals surface area contributed by atoms with E-state index < -0.39 is 0 Å². The molecule has 0 radical (unpaired) electrons. The van der Waals surface area contributed by atoms with Crippen molar-refractivity contribution in [3.63, 3.8) is 0 Å². The van der Waals surface area contributed by atoms with Gasteiger partial charge in [-0.2, -0.15) is 0 Å². The number of piperidine rings is 1. The van der Waals surface area contributed by atoms with Crippen molar-refractivity contribution in [2.24, 2.45) is 0 Å². The maximum absolute atomic E-state index is 12.6. The first-order valence-corrected chi connectivity index (χ1v) is 9.27. The number of anilines is 1. The fourth-order valence-corrected chi connectivity index (χ4v) is 3.64. The van der Waals surface area contributed by atoms with E-state index in [0.29, 0.717) is 0 Å². The monoisotopic (exact) mass is 336 g/mol. The molecule has 1 aliphatic heterocycles. The van der Waals surface area contributed by atoms with Gasteiger partial charge in [0, 0.05) is 24.3 Å². The predicted octanol–water partition coefficient (Wildman–Crippen LogP) is 4.78. The molecule has 0 spiro atoms. The van der Waals surface area contributed by atoms with Crippen molar-refractivity contribution in [3.8, 4) is 0 Å². The van der Waals surface area contributed by atoms with E-state index >= 15 is 0 Å². The molecule has 25 heavy (non-hydrogen) atoms. The Hall–Kier alpha value is -2.29. The molecule has 1 heterocycles. The molecule has 2 aromatic rings. The molecule has 132 valence electrons. The molecular formula is C22H28N2O. The lowest BCUT2D eigenvalue weighted by Gasteiger charge is -2.28. The SMILES string of the molecule is Cc1ccc(C(C)NC(=O)c2ccc(N3CCCCC3)cc2)c(C)c1. The van der Waals surface area contributed by atoms with Crippen LogP contribution in [0.15, 0.2) is 42.5 Å². The number of nitrogens with zero attached hydrogens (tertiary/aromatic N) is 1. The molecule has 1 fully saturated rings. The number of hydrogen-bond acceptors (Lipinski definition) is 2. The second-order valence-electron chi connectivity index (χ2n) is 7.15. The van der Waals surface area contributed by atoms with E-state index in [2.05, 4.69) is 54.4 Å². The highest BCUT2D eigenvalue weighted by atomic mass is 16.1. The number of carbonyl (C=O) groups is 1. The predicted molar refractivity (Wildman–Crippen MR) is 104 cm³/mol. The van der Waals surface area contributed by atoms with Crippen molar-refractivity contribution >= 4 is 11.6 Å². The summed E-state index contributed by atoms with van der Waals surface area (Å²) < 4.78 is 0. The van der Waals surface area contributed by atoms with Crippen LogP contribution in [0.3, 0.4) is 0 Å². The summed E-state index contributed by atoms with van der Waals surface area (Å²) >= 11 is 0. The summed E-state index contributed by atoms with van der Waals surface area (Å²) in [5.41, 5.74) is 5.57. The molecule has 1 N–H and O–H groups in total. The summed E-state index contributed by atoms with van der Waals surface area (Å²) in [6, 6.07) is 14.4. The maximum Gasteiger partial charge on any atom is 0.251 e. The zero-order valence-corrected chi connectivity index (χ0v) is 15.5. The van der Waals surface area contributed by atoms with E-state index in [-0.39, 0.29) is 11.9 Å². The average Bonchev–Trinajstić information content (AvgIpc) is 2.62. The molecule has 1 atom stereocenters. The third-order valence-electron chi connectivity index (χ3n) is 5.09. The number of rotatable bonds is 4. The number of aryl methyl sites for hydroxylation is 2. The van der Waals surface area contributed by atoms with Crippen LogP contribution in [0.25, 0.3) is 0 Å². The molecule has 2 aromatic carbocycles. The normalized spacial score (nSPS) is 15.7. The van der Waals surface area contributed by atoms with Gasteiger partial charge in [-0.25, -0.2) is 0 Å². The Morgan fingerprint density at radius 3 is 2.32 bits per heavy atom. The lowest BCUT2D eigenvalue weighted by atomic mass is 10.00. The Labute approximate surface area is 151 Å². The van der Waals surface area contributed by atoms with Gasteiger partial charge < -0.3 is 10.2 Å². The first kappa shape index (κ1) is 17.5. The van der Waals surface area contributed by atoms with Crippen molar-refractivity contribution in [1.29, 1.82) is 0 Å². The molecule has 1 amide bonds. The van der Waals surface area contributed by atoms with Gasteiger partial charge in [0.05, 0.1) is 6.04 Å². The molecule has 3 rings (SSSR count). The van der Waals surface area contributed by atoms with Gasteiger partial charge in [0.2, 0.25) is 0 Å². The van der Waals surface area contributed by atoms with Crippen molar-refractivity contribution in [2.75, 3.05) is 18.0 Å². The fraction of sp³-hybridized carbons (Fsp3) is 0.409. The quantitative estimate of drug-likeness (QED) is 0.871. The van der Waals surface area contributed by atoms with E-state index in [1.165, 1.54) is 41.6 Å². The van der Waals surface area contributed by atoms with Crippen LogP contribution in [0, 0.1) is 13.8 Å². The van der Waals surface area contributed by atoms with Gasteiger partial charge in [-0.05, 0) is 75.4 Å². The van der Waals surface area contributed by atoms with Crippen molar-refractivity contribution in [1.82, 2.24) is 5.32 Å². The van der Waals surface area contributed by atoms with Gasteiger partial charge in [0.1, 0.15) is 0 Å². The van der Waals surface area contributed by atoms with Gasteiger partial charge in [0.25, 0.3) is 5.91 Å². The minimum atomic E-state index is -0.0160. The summed E-state index contributed by atoms with van der Waals surface area (Å²) in [4.78, 5) is 15.0. The Kier molecular flexibility index (Phi) is 5.42. The van der Waals surface area contributed by atoms with Gasteiger partial charge in [-0.1, -0.05) is 23.8 Å². The van der Waals surface area contributed by atoms with Crippen molar-refractivity contribution < 1.29 is 4.79 Å². The van der Waals surface area contributed by atoms with Crippen LogP contribution in [0.5, 0.6) is 0 Å². The topological polar surface area (TPSA) is 32.3 Å². The highest BCUT2D eigenvalue weighted by molar-refractivity contribution is 5.94. The van der Waals surface area contributed by atoms with Crippen molar-refractivity contribution in [3.05, 3.63) is 64.7 Å². The third kappa shape index (κ3) is 4.22. The Morgan fingerprint density at radius 2 is 1.68 bits per heavy atom.